The number of hydrogen-bond donors (Lipinski definition) is 1. The van der Waals surface area contributed by atoms with Crippen molar-refractivity contribution in [1.82, 2.24) is 15.1 Å². The molecule has 2 amide bonds. The third-order valence-electron chi connectivity index (χ3n) is 12.2. The van der Waals surface area contributed by atoms with Gasteiger partial charge in [-0.3, -0.25) is 9.59 Å². The van der Waals surface area contributed by atoms with Gasteiger partial charge in [-0.05, 0) is 43.9 Å². The van der Waals surface area contributed by atoms with Gasteiger partial charge in [0.15, 0.2) is 0 Å². The molecule has 1 spiro atoms. The number of nitrogens with zero attached hydrogens (tertiary/aromatic N) is 3. The molecule has 2 saturated heterocycles. The van der Waals surface area contributed by atoms with Gasteiger partial charge in [-0.15, -0.1) is 11.6 Å². The lowest BCUT2D eigenvalue weighted by Gasteiger charge is -2.47. The predicted molar refractivity (Wildman–Crippen MR) is 226 cm³/mol. The Morgan fingerprint density at radius 2 is 1.71 bits per heavy atom. The van der Waals surface area contributed by atoms with Gasteiger partial charge >= 0.3 is 5.63 Å². The minimum Gasteiger partial charge on any atom is -0.456 e. The lowest BCUT2D eigenvalue weighted by Crippen LogP contribution is -2.53. The molecular weight excluding hydrogens is 768 g/mol. The van der Waals surface area contributed by atoms with Gasteiger partial charge in [-0.2, -0.15) is 0 Å². The molecular formula is C47H49ClN4O7. The minimum atomic E-state index is -1.12. The first-order chi connectivity index (χ1) is 29.0. The summed E-state index contributed by atoms with van der Waals surface area (Å²) in [6, 6.07) is 15.1. The van der Waals surface area contributed by atoms with Crippen molar-refractivity contribution < 1.29 is 28.2 Å². The molecule has 2 aliphatic carbocycles. The summed E-state index contributed by atoms with van der Waals surface area (Å²) in [5.74, 6) is 8.73. The molecule has 1 N–H and O–H groups in total. The average molecular weight is 817 g/mol. The number of allylic oxidation sites excluding steroid dienone is 2. The lowest BCUT2D eigenvalue weighted by atomic mass is 9.73. The third kappa shape index (κ3) is 7.36. The Morgan fingerprint density at radius 3 is 2.51 bits per heavy atom. The zero-order valence-electron chi connectivity index (χ0n) is 33.2. The first kappa shape index (κ1) is 39.2. The van der Waals surface area contributed by atoms with Crippen molar-refractivity contribution in [3.8, 4) is 17.6 Å². The summed E-state index contributed by atoms with van der Waals surface area (Å²) in [7, 11) is 0. The number of carbonyl (C=O) groups excluding carboxylic acids is 2. The molecule has 12 heteroatoms. The molecule has 11 nitrogen and oxygen atoms in total. The molecule has 1 aromatic heterocycles. The minimum absolute atomic E-state index is 0.0878. The molecule has 2 unspecified atom stereocenters. The van der Waals surface area contributed by atoms with Crippen LogP contribution in [0.2, 0.25) is 0 Å². The molecule has 3 aromatic rings. The number of anilines is 1. The maximum absolute atomic E-state index is 15.0. The number of fused-ring (bicyclic) bond motifs is 6. The van der Waals surface area contributed by atoms with Crippen molar-refractivity contribution in [2.45, 2.75) is 62.9 Å². The fourth-order valence-corrected chi connectivity index (χ4v) is 9.08. The number of ether oxygens (including phenoxy) is 3. The van der Waals surface area contributed by atoms with Gasteiger partial charge < -0.3 is 38.6 Å². The fraction of sp³-hybridized carbons (Fsp3) is 0.426. The van der Waals surface area contributed by atoms with E-state index >= 15 is 0 Å². The van der Waals surface area contributed by atoms with E-state index in [0.717, 1.165) is 87.2 Å². The number of unbranched alkanes of at least 4 members (excludes halogenated alkanes) is 3. The molecule has 2 aromatic carbocycles. The standard InChI is InChI=1S/C47H49ClN4O7/c48-18-5-1-2-6-24-56-26-27-57-25-19-49-44(53)37-28-32-14-15-35(31-41(32)59-46(37)55)52-45(54)36-11-3-4-12-38(36)47(52)39-13-7-10-33(50-20-8-21-50)29-42(39)58-43-30-34(16-17-40(43)47)51-22-9-23-51/h3-4,11-12,14-17,28-30,35H,1-2,5-6,8-10,18-27,31H2,(H,49,53). The van der Waals surface area contributed by atoms with Crippen molar-refractivity contribution in [3.05, 3.63) is 122 Å². The highest BCUT2D eigenvalue weighted by Gasteiger charge is 2.59. The van der Waals surface area contributed by atoms with Crippen LogP contribution in [0, 0.1) is 11.8 Å². The van der Waals surface area contributed by atoms with Crippen LogP contribution in [0.3, 0.4) is 0 Å². The van der Waals surface area contributed by atoms with Crippen LogP contribution in [-0.2, 0) is 21.4 Å². The van der Waals surface area contributed by atoms with Crippen LogP contribution in [0.1, 0.15) is 88.1 Å². The fourth-order valence-electron chi connectivity index (χ4n) is 8.90. The second-order valence-corrected chi connectivity index (χ2v) is 16.2. The number of benzene rings is 2. The van der Waals surface area contributed by atoms with Crippen molar-refractivity contribution >= 4 is 35.2 Å². The SMILES string of the molecule is O=C(NCCOCCOCCCCCCCl)c1cc2c(oc1=O)CC(N1C(=O)c3ccccc3C13C1=C(C=C(N4CCC4)CC#C1)Oc1cc(N4CCC4)ccc13)C=C2. The summed E-state index contributed by atoms with van der Waals surface area (Å²) in [6.45, 7) is 6.00. The Balaban J connectivity index is 0.976. The molecule has 9 rings (SSSR count). The Kier molecular flexibility index (Phi) is 11.4. The monoisotopic (exact) mass is 816 g/mol. The van der Waals surface area contributed by atoms with Crippen molar-refractivity contribution in [1.29, 1.82) is 0 Å². The second kappa shape index (κ2) is 17.1. The van der Waals surface area contributed by atoms with Gasteiger partial charge in [0.25, 0.3) is 11.8 Å². The molecule has 4 aliphatic heterocycles. The molecule has 5 heterocycles. The Morgan fingerprint density at radius 1 is 0.915 bits per heavy atom. The van der Waals surface area contributed by atoms with Gasteiger partial charge in [0, 0.05) is 104 Å². The van der Waals surface area contributed by atoms with Crippen LogP contribution in [0.5, 0.6) is 5.75 Å². The van der Waals surface area contributed by atoms with Gasteiger partial charge in [0.2, 0.25) is 0 Å². The summed E-state index contributed by atoms with van der Waals surface area (Å²) < 4.78 is 24.0. The van der Waals surface area contributed by atoms with E-state index in [-0.39, 0.29) is 31.0 Å². The van der Waals surface area contributed by atoms with E-state index in [1.165, 1.54) is 0 Å². The Labute approximate surface area is 349 Å². The zero-order chi connectivity index (χ0) is 40.3. The van der Waals surface area contributed by atoms with E-state index in [2.05, 4.69) is 51.2 Å². The predicted octanol–water partition coefficient (Wildman–Crippen LogP) is 6.39. The highest BCUT2D eigenvalue weighted by atomic mass is 35.5. The number of carbonyl (C=O) groups is 2. The average Bonchev–Trinajstić information content (AvgIpc) is 3.29. The zero-order valence-corrected chi connectivity index (χ0v) is 34.0. The van der Waals surface area contributed by atoms with E-state index in [0.29, 0.717) is 66.1 Å². The second-order valence-electron chi connectivity index (χ2n) is 15.8. The Bertz CT molecular complexity index is 2350. The summed E-state index contributed by atoms with van der Waals surface area (Å²) >= 11 is 5.72. The summed E-state index contributed by atoms with van der Waals surface area (Å²) in [5.41, 5.74) is 3.85. The maximum Gasteiger partial charge on any atom is 0.348 e. The molecule has 0 bridgehead atoms. The number of alkyl halides is 1. The summed E-state index contributed by atoms with van der Waals surface area (Å²) in [4.78, 5) is 48.1. The normalized spacial score (nSPS) is 21.0. The Hall–Kier alpha value is -5.28. The lowest BCUT2D eigenvalue weighted by molar-refractivity contribution is 0.0468. The topological polar surface area (TPSA) is 114 Å². The third-order valence-corrected chi connectivity index (χ3v) is 12.4. The van der Waals surface area contributed by atoms with E-state index < -0.39 is 23.1 Å². The van der Waals surface area contributed by atoms with Gasteiger partial charge in [-0.25, -0.2) is 4.79 Å². The number of likely N-dealkylation sites (tertiary alicyclic amines) is 1. The van der Waals surface area contributed by atoms with Crippen LogP contribution in [0.25, 0.3) is 6.08 Å². The first-order valence-corrected chi connectivity index (χ1v) is 21.6. The molecule has 306 valence electrons. The molecule has 2 fully saturated rings. The van der Waals surface area contributed by atoms with E-state index in [4.69, 9.17) is 30.2 Å². The first-order valence-electron chi connectivity index (χ1n) is 21.0. The number of nitrogens with one attached hydrogen (secondary N) is 1. The summed E-state index contributed by atoms with van der Waals surface area (Å²) in [6.07, 6.45) is 13.2. The van der Waals surface area contributed by atoms with Crippen LogP contribution in [0.15, 0.2) is 86.9 Å². The highest BCUT2D eigenvalue weighted by molar-refractivity contribution is 6.17. The highest BCUT2D eigenvalue weighted by Crippen LogP contribution is 2.57. The van der Waals surface area contributed by atoms with E-state index in [1.54, 1.807) is 6.07 Å². The van der Waals surface area contributed by atoms with Gasteiger partial charge in [0.1, 0.15) is 28.4 Å². The quantitative estimate of drug-likeness (QED) is 0.0999. The summed E-state index contributed by atoms with van der Waals surface area (Å²) in [5, 5.41) is 2.77. The smallest absolute Gasteiger partial charge is 0.348 e. The van der Waals surface area contributed by atoms with Crippen LogP contribution < -0.4 is 20.6 Å². The van der Waals surface area contributed by atoms with Crippen LogP contribution in [-0.4, -0.2) is 92.7 Å². The van der Waals surface area contributed by atoms with Crippen molar-refractivity contribution in [2.75, 3.05) is 69.9 Å². The molecule has 0 saturated carbocycles. The number of amides is 2. The van der Waals surface area contributed by atoms with E-state index in [1.807, 2.05) is 41.3 Å². The molecule has 59 heavy (non-hydrogen) atoms. The van der Waals surface area contributed by atoms with Gasteiger partial charge in [-0.1, -0.05) is 61.1 Å². The number of rotatable bonds is 16. The molecule has 0 radical (unpaired) electrons. The number of hydrogen-bond acceptors (Lipinski definition) is 9. The van der Waals surface area contributed by atoms with Gasteiger partial charge in [0.05, 0.1) is 31.4 Å². The van der Waals surface area contributed by atoms with Crippen LogP contribution >= 0.6 is 11.6 Å². The van der Waals surface area contributed by atoms with E-state index in [9.17, 15) is 14.4 Å². The van der Waals surface area contributed by atoms with Crippen molar-refractivity contribution in [3.63, 3.8) is 0 Å². The largest absolute Gasteiger partial charge is 0.456 e. The van der Waals surface area contributed by atoms with Crippen LogP contribution in [0.4, 0.5) is 5.69 Å². The molecule has 6 aliphatic rings. The maximum atomic E-state index is 15.0. The van der Waals surface area contributed by atoms with Crippen molar-refractivity contribution in [2.24, 2.45) is 0 Å². The molecule has 2 atom stereocenters. The number of halogens is 1.